The molecule has 9 heteroatoms. The van der Waals surface area contributed by atoms with Gasteiger partial charge in [0.15, 0.2) is 5.78 Å². The number of aliphatic hydroxyl groups is 2. The lowest BCUT2D eigenvalue weighted by Crippen LogP contribution is -2.61. The van der Waals surface area contributed by atoms with Crippen LogP contribution >= 0.6 is 0 Å². The van der Waals surface area contributed by atoms with E-state index in [1.807, 2.05) is 13.8 Å². The molecule has 0 aromatic heterocycles. The third kappa shape index (κ3) is 4.28. The first-order valence-corrected chi connectivity index (χ1v) is 14.0. The van der Waals surface area contributed by atoms with Crippen molar-refractivity contribution in [3.05, 3.63) is 34.9 Å². The van der Waals surface area contributed by atoms with Crippen molar-refractivity contribution in [3.63, 3.8) is 0 Å². The smallest absolute Gasteiger partial charge is 0.333 e. The largest absolute Gasteiger partial charge is 0.462 e. The summed E-state index contributed by atoms with van der Waals surface area (Å²) < 4.78 is 17.3. The van der Waals surface area contributed by atoms with Gasteiger partial charge in [0.05, 0.1) is 11.5 Å². The number of Topliss-reactive ketones (excluding diaryl/α,β-unsaturated/α-hetero) is 1. The zero-order valence-corrected chi connectivity index (χ0v) is 24.7. The summed E-state index contributed by atoms with van der Waals surface area (Å²) in [6.45, 7) is 13.3. The highest BCUT2D eigenvalue weighted by Crippen LogP contribution is 2.77. The minimum absolute atomic E-state index is 0.0534. The Bertz CT molecular complexity index is 1230. The van der Waals surface area contributed by atoms with Crippen molar-refractivity contribution in [1.82, 2.24) is 0 Å². The summed E-state index contributed by atoms with van der Waals surface area (Å²) >= 11 is 0. The quantitative estimate of drug-likeness (QED) is 0.209. The van der Waals surface area contributed by atoms with Crippen LogP contribution in [0.2, 0.25) is 0 Å². The molecule has 0 aliphatic heterocycles. The van der Waals surface area contributed by atoms with E-state index in [-0.39, 0.29) is 26.1 Å². The minimum atomic E-state index is -1.91. The molecule has 8 unspecified atom stereocenters. The number of rotatable bonds is 7. The lowest BCUT2D eigenvalue weighted by Gasteiger charge is -2.50. The Morgan fingerprint density at radius 3 is 2.38 bits per heavy atom. The van der Waals surface area contributed by atoms with Gasteiger partial charge in [0, 0.05) is 42.1 Å². The van der Waals surface area contributed by atoms with E-state index in [2.05, 4.69) is 0 Å². The van der Waals surface area contributed by atoms with Gasteiger partial charge >= 0.3 is 17.9 Å². The van der Waals surface area contributed by atoms with E-state index in [9.17, 15) is 29.4 Å². The van der Waals surface area contributed by atoms with E-state index in [1.165, 1.54) is 6.92 Å². The molecule has 2 fully saturated rings. The van der Waals surface area contributed by atoms with Crippen molar-refractivity contribution in [2.45, 2.75) is 85.0 Å². The number of allylic oxidation sites excluding steroid dienone is 1. The molecule has 8 atom stereocenters. The number of carbonyl (C=O) groups excluding carboxylic acids is 4. The maximum Gasteiger partial charge on any atom is 0.333 e. The number of ketones is 1. The Balaban J connectivity index is 1.86. The molecule has 2 N–H and O–H groups in total. The Kier molecular flexibility index (Phi) is 7.50. The van der Waals surface area contributed by atoms with Crippen LogP contribution in [-0.2, 0) is 33.4 Å². The predicted molar refractivity (Wildman–Crippen MR) is 144 cm³/mol. The normalized spacial score (nSPS) is 40.2. The minimum Gasteiger partial charge on any atom is -0.462 e. The van der Waals surface area contributed by atoms with Gasteiger partial charge in [-0.25, -0.2) is 4.79 Å². The third-order valence-corrected chi connectivity index (χ3v) is 9.93. The van der Waals surface area contributed by atoms with Gasteiger partial charge in [0.2, 0.25) is 0 Å². The average Bonchev–Trinajstić information content (AvgIpc) is 3.33. The molecule has 0 heterocycles. The highest BCUT2D eigenvalue weighted by Gasteiger charge is 2.85. The maximum absolute atomic E-state index is 13.3. The second kappa shape index (κ2) is 9.94. The summed E-state index contributed by atoms with van der Waals surface area (Å²) in [5.41, 5.74) is -4.13. The molecule has 40 heavy (non-hydrogen) atoms. The van der Waals surface area contributed by atoms with Crippen molar-refractivity contribution >= 4 is 23.7 Å². The molecule has 220 valence electrons. The summed E-state index contributed by atoms with van der Waals surface area (Å²) in [7, 11) is 0. The predicted octanol–water partition coefficient (Wildman–Crippen LogP) is 3.23. The first-order chi connectivity index (χ1) is 18.5. The summed E-state index contributed by atoms with van der Waals surface area (Å²) in [5.74, 6) is -4.94. The molecule has 9 nitrogen and oxygen atoms in total. The molecule has 2 saturated carbocycles. The Labute approximate surface area is 235 Å². The number of hydrogen-bond acceptors (Lipinski definition) is 9. The molecule has 0 bridgehead atoms. The van der Waals surface area contributed by atoms with Gasteiger partial charge in [-0.2, -0.15) is 0 Å². The van der Waals surface area contributed by atoms with Crippen LogP contribution in [0.5, 0.6) is 0 Å². The number of esters is 3. The van der Waals surface area contributed by atoms with Crippen molar-refractivity contribution < 1.29 is 43.6 Å². The third-order valence-electron chi connectivity index (χ3n) is 9.93. The van der Waals surface area contributed by atoms with E-state index >= 15 is 0 Å². The SMILES string of the molecule is CC=C(C)C(=O)OCC1(C)C2C3C=C(COC(C)=O)CC4(O)C(=O)C(C)=CC4C3(O)C(C)CC21OC(=O)C(C)C. The second-order valence-electron chi connectivity index (χ2n) is 12.8. The summed E-state index contributed by atoms with van der Waals surface area (Å²) in [6.07, 6.45) is 5.23. The molecule has 0 spiro atoms. The zero-order chi connectivity index (χ0) is 30.0. The fourth-order valence-electron chi connectivity index (χ4n) is 7.55. The van der Waals surface area contributed by atoms with Crippen LogP contribution in [0.15, 0.2) is 34.9 Å². The van der Waals surface area contributed by atoms with E-state index in [0.29, 0.717) is 16.7 Å². The van der Waals surface area contributed by atoms with Crippen molar-refractivity contribution in [1.29, 1.82) is 0 Å². The summed E-state index contributed by atoms with van der Waals surface area (Å²) in [4.78, 5) is 50.6. The molecular formula is C31H42O9. The number of hydrogen-bond donors (Lipinski definition) is 2. The van der Waals surface area contributed by atoms with Crippen LogP contribution in [-0.4, -0.2) is 63.9 Å². The standard InChI is InChI=1S/C31H42O9/c1-9-17(4)27(35)39-15-28(8)24-22-11-21(14-38-20(7)32)13-29(36)23(10-18(5)25(29)33)31(22,37)19(6)12-30(24,28)40-26(34)16(2)3/h9-11,16,19,22-24,36-37H,12-15H2,1-8H3. The van der Waals surface area contributed by atoms with E-state index in [0.717, 1.165) is 0 Å². The molecule has 0 radical (unpaired) electrons. The van der Waals surface area contributed by atoms with Gasteiger partial charge in [0.1, 0.15) is 24.4 Å². The summed E-state index contributed by atoms with van der Waals surface area (Å²) in [6, 6.07) is 0. The zero-order valence-electron chi connectivity index (χ0n) is 24.7. The van der Waals surface area contributed by atoms with Crippen molar-refractivity contribution in [2.24, 2.45) is 35.0 Å². The molecule has 0 saturated heterocycles. The molecule has 4 rings (SSSR count). The Morgan fingerprint density at radius 1 is 1.15 bits per heavy atom. The van der Waals surface area contributed by atoms with Crippen LogP contribution < -0.4 is 0 Å². The highest BCUT2D eigenvalue weighted by atomic mass is 16.6. The van der Waals surface area contributed by atoms with E-state index in [4.69, 9.17) is 14.2 Å². The van der Waals surface area contributed by atoms with Gasteiger partial charge in [-0.3, -0.25) is 14.4 Å². The molecular weight excluding hydrogens is 516 g/mol. The first-order valence-electron chi connectivity index (χ1n) is 14.0. The Hall–Kier alpha value is -2.78. The van der Waals surface area contributed by atoms with Crippen molar-refractivity contribution in [2.75, 3.05) is 13.2 Å². The molecule has 4 aliphatic rings. The lowest BCUT2D eigenvalue weighted by atomic mass is 9.60. The first kappa shape index (κ1) is 30.2. The fourth-order valence-corrected chi connectivity index (χ4v) is 7.55. The topological polar surface area (TPSA) is 136 Å². The number of fused-ring (bicyclic) bond motifs is 5. The van der Waals surface area contributed by atoms with Gasteiger partial charge in [-0.15, -0.1) is 0 Å². The van der Waals surface area contributed by atoms with Crippen LogP contribution in [0.25, 0.3) is 0 Å². The van der Waals surface area contributed by atoms with Gasteiger partial charge < -0.3 is 24.4 Å². The van der Waals surface area contributed by atoms with Crippen LogP contribution in [0, 0.1) is 35.0 Å². The van der Waals surface area contributed by atoms with Crippen LogP contribution in [0.4, 0.5) is 0 Å². The second-order valence-corrected chi connectivity index (χ2v) is 12.8. The maximum atomic E-state index is 13.3. The van der Waals surface area contributed by atoms with Gasteiger partial charge in [-0.1, -0.05) is 45.9 Å². The van der Waals surface area contributed by atoms with Crippen molar-refractivity contribution in [3.8, 4) is 0 Å². The average molecular weight is 559 g/mol. The van der Waals surface area contributed by atoms with Gasteiger partial charge in [0.25, 0.3) is 0 Å². The van der Waals surface area contributed by atoms with Crippen LogP contribution in [0.1, 0.15) is 68.2 Å². The number of carbonyl (C=O) groups is 4. The van der Waals surface area contributed by atoms with E-state index < -0.39 is 75.5 Å². The Morgan fingerprint density at radius 2 is 1.80 bits per heavy atom. The monoisotopic (exact) mass is 558 g/mol. The fraction of sp³-hybridized carbons (Fsp3) is 0.677. The van der Waals surface area contributed by atoms with Crippen LogP contribution in [0.3, 0.4) is 0 Å². The molecule has 0 aromatic rings. The van der Waals surface area contributed by atoms with E-state index in [1.54, 1.807) is 52.8 Å². The van der Waals surface area contributed by atoms with Gasteiger partial charge in [-0.05, 0) is 44.3 Å². The lowest BCUT2D eigenvalue weighted by molar-refractivity contribution is -0.188. The molecule has 0 aromatic carbocycles. The molecule has 0 amide bonds. The molecule has 4 aliphatic carbocycles. The summed E-state index contributed by atoms with van der Waals surface area (Å²) in [5, 5.41) is 24.5. The number of ether oxygens (including phenoxy) is 3. The highest BCUT2D eigenvalue weighted by molar-refractivity contribution is 6.04.